The molecule has 4 rings (SSSR count). The number of aryl methyl sites for hydroxylation is 1. The average molecular weight is 428 g/mol. The Labute approximate surface area is 175 Å². The van der Waals surface area contributed by atoms with Gasteiger partial charge in [-0.05, 0) is 30.2 Å². The summed E-state index contributed by atoms with van der Waals surface area (Å²) in [5.41, 5.74) is 3.48. The van der Waals surface area contributed by atoms with E-state index in [-0.39, 0.29) is 23.6 Å². The fraction of sp³-hybridized carbons (Fsp3) is 0.182. The standard InChI is InChI=1S/C22H18F2N2O3S/c1-13-3-6-15(7-4-13)16-11-30-20-19(16)21(27)26(12-25-20)10-14-5-8-17(29-22(23)24)18(9-14)28-2/h3-9,11-12,22H,10H2,1-2H3. The van der Waals surface area contributed by atoms with E-state index in [1.165, 1.54) is 35.4 Å². The molecule has 0 aliphatic rings. The van der Waals surface area contributed by atoms with Crippen LogP contribution in [-0.4, -0.2) is 23.3 Å². The van der Waals surface area contributed by atoms with E-state index < -0.39 is 6.61 Å². The number of halogens is 2. The molecule has 30 heavy (non-hydrogen) atoms. The van der Waals surface area contributed by atoms with Crippen molar-refractivity contribution in [2.45, 2.75) is 20.1 Å². The normalized spacial score (nSPS) is 11.2. The van der Waals surface area contributed by atoms with Gasteiger partial charge >= 0.3 is 6.61 Å². The van der Waals surface area contributed by atoms with Crippen LogP contribution in [0.4, 0.5) is 8.78 Å². The Morgan fingerprint density at radius 1 is 1.13 bits per heavy atom. The number of hydrogen-bond donors (Lipinski definition) is 0. The van der Waals surface area contributed by atoms with Crippen molar-refractivity contribution in [1.29, 1.82) is 0 Å². The van der Waals surface area contributed by atoms with E-state index in [1.807, 2.05) is 36.6 Å². The highest BCUT2D eigenvalue weighted by molar-refractivity contribution is 7.17. The number of benzene rings is 2. The van der Waals surface area contributed by atoms with E-state index in [9.17, 15) is 13.6 Å². The zero-order valence-corrected chi connectivity index (χ0v) is 17.1. The first-order valence-corrected chi connectivity index (χ1v) is 9.99. The average Bonchev–Trinajstić information content (AvgIpc) is 3.16. The highest BCUT2D eigenvalue weighted by atomic mass is 32.1. The number of hydrogen-bond acceptors (Lipinski definition) is 5. The third-order valence-corrected chi connectivity index (χ3v) is 5.61. The van der Waals surface area contributed by atoms with E-state index in [2.05, 4.69) is 9.72 Å². The molecular formula is C22H18F2N2O3S. The second-order valence-electron chi connectivity index (χ2n) is 6.74. The first kappa shape index (κ1) is 20.0. The van der Waals surface area contributed by atoms with Gasteiger partial charge in [-0.15, -0.1) is 11.3 Å². The molecule has 0 atom stereocenters. The van der Waals surface area contributed by atoms with Crippen LogP contribution in [0.1, 0.15) is 11.1 Å². The fourth-order valence-electron chi connectivity index (χ4n) is 3.23. The van der Waals surface area contributed by atoms with Gasteiger partial charge in [0.2, 0.25) is 0 Å². The molecule has 0 saturated heterocycles. The summed E-state index contributed by atoms with van der Waals surface area (Å²) in [6, 6.07) is 12.6. The van der Waals surface area contributed by atoms with Crippen LogP contribution in [-0.2, 0) is 6.54 Å². The molecular weight excluding hydrogens is 410 g/mol. The zero-order chi connectivity index (χ0) is 21.3. The second kappa shape index (κ2) is 8.23. The summed E-state index contributed by atoms with van der Waals surface area (Å²) < 4.78 is 36.1. The number of methoxy groups -OCH3 is 1. The van der Waals surface area contributed by atoms with Crippen LogP contribution in [0.25, 0.3) is 21.3 Å². The molecule has 0 radical (unpaired) electrons. The minimum Gasteiger partial charge on any atom is -0.493 e. The Hall–Kier alpha value is -3.26. The molecule has 0 bridgehead atoms. The maximum atomic E-state index is 13.2. The summed E-state index contributed by atoms with van der Waals surface area (Å²) in [5, 5.41) is 2.50. The minimum absolute atomic E-state index is 0.0586. The Morgan fingerprint density at radius 3 is 2.60 bits per heavy atom. The van der Waals surface area contributed by atoms with Gasteiger partial charge in [0, 0.05) is 10.9 Å². The van der Waals surface area contributed by atoms with Gasteiger partial charge < -0.3 is 9.47 Å². The van der Waals surface area contributed by atoms with Crippen LogP contribution in [0.2, 0.25) is 0 Å². The first-order chi connectivity index (χ1) is 14.5. The molecule has 0 aliphatic carbocycles. The maximum absolute atomic E-state index is 13.2. The van der Waals surface area contributed by atoms with E-state index in [0.29, 0.717) is 15.8 Å². The summed E-state index contributed by atoms with van der Waals surface area (Å²) in [7, 11) is 1.37. The lowest BCUT2D eigenvalue weighted by Crippen LogP contribution is -2.21. The van der Waals surface area contributed by atoms with Crippen molar-refractivity contribution in [2.24, 2.45) is 0 Å². The van der Waals surface area contributed by atoms with E-state index in [0.717, 1.165) is 16.7 Å². The lowest BCUT2D eigenvalue weighted by molar-refractivity contribution is -0.0512. The Morgan fingerprint density at radius 2 is 1.90 bits per heavy atom. The van der Waals surface area contributed by atoms with Crippen molar-refractivity contribution >= 4 is 21.6 Å². The summed E-state index contributed by atoms with van der Waals surface area (Å²) >= 11 is 1.42. The molecule has 2 aromatic heterocycles. The third-order valence-electron chi connectivity index (χ3n) is 4.72. The molecule has 2 aromatic carbocycles. The predicted octanol–water partition coefficient (Wildman–Crippen LogP) is 5.09. The van der Waals surface area contributed by atoms with Crippen molar-refractivity contribution in [2.75, 3.05) is 7.11 Å². The van der Waals surface area contributed by atoms with Gasteiger partial charge in [-0.25, -0.2) is 4.98 Å². The van der Waals surface area contributed by atoms with Crippen LogP contribution >= 0.6 is 11.3 Å². The molecule has 154 valence electrons. The number of thiophene rings is 1. The topological polar surface area (TPSA) is 53.4 Å². The van der Waals surface area contributed by atoms with Crippen LogP contribution in [0, 0.1) is 6.92 Å². The Bertz CT molecular complexity index is 1250. The van der Waals surface area contributed by atoms with Crippen molar-refractivity contribution in [1.82, 2.24) is 9.55 Å². The van der Waals surface area contributed by atoms with Gasteiger partial charge in [-0.3, -0.25) is 9.36 Å². The fourth-order valence-corrected chi connectivity index (χ4v) is 4.13. The van der Waals surface area contributed by atoms with E-state index >= 15 is 0 Å². The summed E-state index contributed by atoms with van der Waals surface area (Å²) in [4.78, 5) is 18.3. The highest BCUT2D eigenvalue weighted by Crippen LogP contribution is 2.32. The van der Waals surface area contributed by atoms with Gasteiger partial charge in [0.25, 0.3) is 5.56 Å². The van der Waals surface area contributed by atoms with Gasteiger partial charge in [-0.2, -0.15) is 8.78 Å². The van der Waals surface area contributed by atoms with E-state index in [4.69, 9.17) is 4.74 Å². The van der Waals surface area contributed by atoms with Crippen LogP contribution in [0.5, 0.6) is 11.5 Å². The summed E-state index contributed by atoms with van der Waals surface area (Å²) in [5.74, 6) is 0.113. The summed E-state index contributed by atoms with van der Waals surface area (Å²) in [6.45, 7) is -0.718. The smallest absolute Gasteiger partial charge is 0.387 e. The quantitative estimate of drug-likeness (QED) is 0.429. The third kappa shape index (κ3) is 3.91. The highest BCUT2D eigenvalue weighted by Gasteiger charge is 2.15. The van der Waals surface area contributed by atoms with Crippen LogP contribution < -0.4 is 15.0 Å². The number of fused-ring (bicyclic) bond motifs is 1. The molecule has 2 heterocycles. The Kier molecular flexibility index (Phi) is 5.50. The molecule has 0 saturated carbocycles. The van der Waals surface area contributed by atoms with Crippen molar-refractivity contribution in [3.63, 3.8) is 0 Å². The lowest BCUT2D eigenvalue weighted by atomic mass is 10.1. The minimum atomic E-state index is -2.95. The van der Waals surface area contributed by atoms with Crippen molar-refractivity contribution in [3.8, 4) is 22.6 Å². The maximum Gasteiger partial charge on any atom is 0.387 e. The number of ether oxygens (including phenoxy) is 2. The zero-order valence-electron chi connectivity index (χ0n) is 16.3. The molecule has 0 aliphatic heterocycles. The Balaban J connectivity index is 1.72. The molecule has 0 N–H and O–H groups in total. The van der Waals surface area contributed by atoms with Crippen molar-refractivity contribution < 1.29 is 18.3 Å². The molecule has 0 unspecified atom stereocenters. The largest absolute Gasteiger partial charge is 0.493 e. The lowest BCUT2D eigenvalue weighted by Gasteiger charge is -2.12. The molecule has 0 amide bonds. The SMILES string of the molecule is COc1cc(Cn2cnc3scc(-c4ccc(C)cc4)c3c2=O)ccc1OC(F)F. The number of alkyl halides is 2. The van der Waals surface area contributed by atoms with Gasteiger partial charge in [0.15, 0.2) is 11.5 Å². The monoisotopic (exact) mass is 428 g/mol. The molecule has 0 spiro atoms. The van der Waals surface area contributed by atoms with Crippen molar-refractivity contribution in [3.05, 3.63) is 75.7 Å². The number of nitrogens with zero attached hydrogens (tertiary/aromatic N) is 2. The molecule has 5 nitrogen and oxygen atoms in total. The van der Waals surface area contributed by atoms with Gasteiger partial charge in [0.05, 0.1) is 25.4 Å². The number of aromatic nitrogens is 2. The van der Waals surface area contributed by atoms with Gasteiger partial charge in [0.1, 0.15) is 4.83 Å². The molecule has 8 heteroatoms. The molecule has 4 aromatic rings. The molecule has 0 fully saturated rings. The predicted molar refractivity (Wildman–Crippen MR) is 113 cm³/mol. The van der Waals surface area contributed by atoms with E-state index in [1.54, 1.807) is 12.1 Å². The number of rotatable bonds is 6. The summed E-state index contributed by atoms with van der Waals surface area (Å²) in [6.07, 6.45) is 1.50. The van der Waals surface area contributed by atoms with Crippen LogP contribution in [0.15, 0.2) is 59.0 Å². The van der Waals surface area contributed by atoms with Gasteiger partial charge in [-0.1, -0.05) is 35.9 Å². The van der Waals surface area contributed by atoms with Crippen LogP contribution in [0.3, 0.4) is 0 Å². The first-order valence-electron chi connectivity index (χ1n) is 9.11. The second-order valence-corrected chi connectivity index (χ2v) is 7.59.